The van der Waals surface area contributed by atoms with Crippen LogP contribution < -0.4 is 5.32 Å². The highest BCUT2D eigenvalue weighted by atomic mass is 32.2. The normalized spacial score (nSPS) is 18.7. The van der Waals surface area contributed by atoms with Crippen LogP contribution in [0, 0.1) is 17.8 Å². The second-order valence-corrected chi connectivity index (χ2v) is 12.9. The van der Waals surface area contributed by atoms with Crippen LogP contribution in [0.4, 0.5) is 4.79 Å². The molecule has 0 aromatic carbocycles. The molecule has 3 N–H and O–H groups in total. The molecule has 0 bridgehead atoms. The van der Waals surface area contributed by atoms with Gasteiger partial charge in [-0.3, -0.25) is 0 Å². The SMILES string of the molecule is C/C(=C\CSC[C@H](NC(=O)N1CCCC[C@H]1C(=O)O)C(=O)O)CCCC(C)CCCC(C)CCCC(C)C. The summed E-state index contributed by atoms with van der Waals surface area (Å²) in [6.45, 7) is 11.8. The molecule has 7 nitrogen and oxygen atoms in total. The molecule has 0 spiro atoms. The third-order valence-corrected chi connectivity index (χ3v) is 8.59. The van der Waals surface area contributed by atoms with Crippen LogP contribution in [0.2, 0.25) is 0 Å². The first-order chi connectivity index (χ1) is 18.0. The molecule has 0 aliphatic carbocycles. The molecule has 4 atom stereocenters. The van der Waals surface area contributed by atoms with Gasteiger partial charge in [0, 0.05) is 18.1 Å². The third-order valence-electron chi connectivity index (χ3n) is 7.62. The summed E-state index contributed by atoms with van der Waals surface area (Å²) in [5, 5.41) is 21.4. The molecule has 0 aromatic heterocycles. The Morgan fingerprint density at radius 3 is 2.13 bits per heavy atom. The third kappa shape index (κ3) is 15.0. The second-order valence-electron chi connectivity index (χ2n) is 11.8. The monoisotopic (exact) mass is 554 g/mol. The maximum Gasteiger partial charge on any atom is 0.327 e. The van der Waals surface area contributed by atoms with E-state index in [0.717, 1.165) is 37.0 Å². The average Bonchev–Trinajstić information content (AvgIpc) is 2.85. The van der Waals surface area contributed by atoms with Crippen LogP contribution in [-0.4, -0.2) is 63.2 Å². The van der Waals surface area contributed by atoms with Crippen LogP contribution in [-0.2, 0) is 9.59 Å². The summed E-state index contributed by atoms with van der Waals surface area (Å²) in [7, 11) is 0. The van der Waals surface area contributed by atoms with E-state index in [1.165, 1.54) is 73.6 Å². The van der Waals surface area contributed by atoms with E-state index in [4.69, 9.17) is 0 Å². The smallest absolute Gasteiger partial charge is 0.327 e. The Morgan fingerprint density at radius 1 is 0.947 bits per heavy atom. The van der Waals surface area contributed by atoms with Crippen LogP contribution in [0.3, 0.4) is 0 Å². The van der Waals surface area contributed by atoms with Crippen LogP contribution in [0.1, 0.15) is 112 Å². The molecule has 38 heavy (non-hydrogen) atoms. The number of nitrogens with one attached hydrogen (secondary N) is 1. The average molecular weight is 555 g/mol. The first kappa shape index (κ1) is 34.3. The Morgan fingerprint density at radius 2 is 1.55 bits per heavy atom. The fraction of sp³-hybridized carbons (Fsp3) is 0.833. The molecule has 1 rings (SSSR count). The van der Waals surface area contributed by atoms with Gasteiger partial charge in [0.15, 0.2) is 0 Å². The lowest BCUT2D eigenvalue weighted by atomic mass is 9.91. The maximum absolute atomic E-state index is 12.6. The lowest BCUT2D eigenvalue weighted by Crippen LogP contribution is -2.55. The Labute approximate surface area is 235 Å². The van der Waals surface area contributed by atoms with Crippen LogP contribution >= 0.6 is 11.8 Å². The van der Waals surface area contributed by atoms with Crippen molar-refractivity contribution in [3.8, 4) is 0 Å². The lowest BCUT2D eigenvalue weighted by molar-refractivity contribution is -0.143. The van der Waals surface area contributed by atoms with Crippen molar-refractivity contribution in [3.63, 3.8) is 0 Å². The van der Waals surface area contributed by atoms with Crippen molar-refractivity contribution >= 4 is 29.7 Å². The molecule has 1 saturated heterocycles. The van der Waals surface area contributed by atoms with Gasteiger partial charge in [0.2, 0.25) is 0 Å². The predicted octanol–water partition coefficient (Wildman–Crippen LogP) is 7.21. The predicted molar refractivity (Wildman–Crippen MR) is 158 cm³/mol. The summed E-state index contributed by atoms with van der Waals surface area (Å²) < 4.78 is 0. The Kier molecular flexibility index (Phi) is 17.5. The number of amides is 2. The summed E-state index contributed by atoms with van der Waals surface area (Å²) in [6.07, 6.45) is 15.5. The van der Waals surface area contributed by atoms with Gasteiger partial charge in [-0.05, 0) is 56.8 Å². The standard InChI is InChI=1S/C30H54N2O5S/c1-22(2)11-8-12-23(3)13-9-14-24(4)15-10-16-25(5)18-20-38-21-26(28(33)34)31-30(37)32-19-7-6-17-27(32)29(35)36/h18,22-24,26-27H,6-17,19-21H2,1-5H3,(H,31,37)(H,33,34)(H,35,36)/b25-18+/t23?,24?,26-,27-/m0/s1. The van der Waals surface area contributed by atoms with Crippen LogP contribution in [0.5, 0.6) is 0 Å². The van der Waals surface area contributed by atoms with Gasteiger partial charge in [0.1, 0.15) is 12.1 Å². The fourth-order valence-corrected chi connectivity index (χ4v) is 6.03. The number of likely N-dealkylation sites (tertiary alicyclic amines) is 1. The van der Waals surface area contributed by atoms with Crippen molar-refractivity contribution < 1.29 is 24.6 Å². The molecule has 1 aliphatic rings. The number of thioether (sulfide) groups is 1. The van der Waals surface area contributed by atoms with Gasteiger partial charge in [0.05, 0.1) is 0 Å². The number of hydrogen-bond donors (Lipinski definition) is 3. The number of nitrogens with zero attached hydrogens (tertiary/aromatic N) is 1. The highest BCUT2D eigenvalue weighted by molar-refractivity contribution is 7.99. The summed E-state index contributed by atoms with van der Waals surface area (Å²) in [5.74, 6) is 1.19. The molecule has 1 fully saturated rings. The Bertz CT molecular complexity index is 742. The summed E-state index contributed by atoms with van der Waals surface area (Å²) >= 11 is 1.47. The highest BCUT2D eigenvalue weighted by Gasteiger charge is 2.33. The van der Waals surface area contributed by atoms with Crippen LogP contribution in [0.25, 0.3) is 0 Å². The number of piperidine rings is 1. The van der Waals surface area contributed by atoms with Gasteiger partial charge in [-0.1, -0.05) is 84.3 Å². The number of aliphatic carboxylic acids is 2. The summed E-state index contributed by atoms with van der Waals surface area (Å²) in [6, 6.07) is -2.54. The van der Waals surface area contributed by atoms with E-state index >= 15 is 0 Å². The molecular formula is C30H54N2O5S. The van der Waals surface area contributed by atoms with Crippen molar-refractivity contribution in [3.05, 3.63) is 11.6 Å². The van der Waals surface area contributed by atoms with Crippen molar-refractivity contribution in [2.24, 2.45) is 17.8 Å². The van der Waals surface area contributed by atoms with Crippen molar-refractivity contribution in [2.45, 2.75) is 124 Å². The molecule has 0 saturated carbocycles. The number of rotatable bonds is 19. The molecule has 0 radical (unpaired) electrons. The molecule has 1 aliphatic heterocycles. The zero-order chi connectivity index (χ0) is 28.5. The molecular weight excluding hydrogens is 500 g/mol. The molecule has 8 heteroatoms. The van der Waals surface area contributed by atoms with Gasteiger partial charge < -0.3 is 20.4 Å². The van der Waals surface area contributed by atoms with E-state index in [-0.39, 0.29) is 5.75 Å². The fourth-order valence-electron chi connectivity index (χ4n) is 5.03. The minimum atomic E-state index is -1.10. The topological polar surface area (TPSA) is 107 Å². The first-order valence-corrected chi connectivity index (χ1v) is 15.9. The highest BCUT2D eigenvalue weighted by Crippen LogP contribution is 2.22. The minimum Gasteiger partial charge on any atom is -0.480 e. The second kappa shape index (κ2) is 19.4. The minimum absolute atomic E-state index is 0.239. The number of carboxylic acid groups (broad SMARTS) is 2. The Balaban J connectivity index is 2.26. The molecule has 220 valence electrons. The van der Waals surface area contributed by atoms with Crippen molar-refractivity contribution in [1.82, 2.24) is 10.2 Å². The van der Waals surface area contributed by atoms with Gasteiger partial charge in [-0.25, -0.2) is 14.4 Å². The molecule has 2 unspecified atom stereocenters. The molecule has 0 aromatic rings. The lowest BCUT2D eigenvalue weighted by Gasteiger charge is -2.33. The van der Waals surface area contributed by atoms with Gasteiger partial charge in [-0.2, -0.15) is 11.8 Å². The number of carboxylic acids is 2. The van der Waals surface area contributed by atoms with Gasteiger partial charge in [0.25, 0.3) is 0 Å². The van der Waals surface area contributed by atoms with Gasteiger partial charge in [-0.15, -0.1) is 0 Å². The van der Waals surface area contributed by atoms with E-state index in [1.54, 1.807) is 0 Å². The van der Waals surface area contributed by atoms with E-state index in [0.29, 0.717) is 18.7 Å². The quantitative estimate of drug-likeness (QED) is 0.115. The maximum atomic E-state index is 12.6. The number of carbonyl (C=O) groups is 3. The van der Waals surface area contributed by atoms with Crippen molar-refractivity contribution in [2.75, 3.05) is 18.1 Å². The van der Waals surface area contributed by atoms with E-state index in [2.05, 4.69) is 46.0 Å². The number of urea groups is 1. The Hall–Kier alpha value is -1.70. The zero-order valence-corrected chi connectivity index (χ0v) is 25.4. The largest absolute Gasteiger partial charge is 0.480 e. The summed E-state index contributed by atoms with van der Waals surface area (Å²) in [5.41, 5.74) is 1.32. The van der Waals surface area contributed by atoms with E-state index in [1.807, 2.05) is 0 Å². The van der Waals surface area contributed by atoms with Crippen molar-refractivity contribution in [1.29, 1.82) is 0 Å². The summed E-state index contributed by atoms with van der Waals surface area (Å²) in [4.78, 5) is 36.9. The first-order valence-electron chi connectivity index (χ1n) is 14.8. The molecule has 1 heterocycles. The molecule has 2 amide bonds. The van der Waals surface area contributed by atoms with E-state index < -0.39 is 30.1 Å². The number of hydrogen-bond acceptors (Lipinski definition) is 4. The van der Waals surface area contributed by atoms with E-state index in [9.17, 15) is 24.6 Å². The van der Waals surface area contributed by atoms with Gasteiger partial charge >= 0.3 is 18.0 Å². The van der Waals surface area contributed by atoms with Crippen LogP contribution in [0.15, 0.2) is 11.6 Å². The number of carbonyl (C=O) groups excluding carboxylic acids is 1. The number of allylic oxidation sites excluding steroid dienone is 1. The zero-order valence-electron chi connectivity index (χ0n) is 24.5.